The molecule has 1 aliphatic rings. The molecule has 0 spiro atoms. The van der Waals surface area contributed by atoms with Gasteiger partial charge < -0.3 is 4.90 Å². The first-order valence-electron chi connectivity index (χ1n) is 3.41. The van der Waals surface area contributed by atoms with E-state index in [4.69, 9.17) is 4.18 Å². The fraction of sp³-hybridized carbons (Fsp3) is 1.00. The molecule has 62 valence electrons. The van der Waals surface area contributed by atoms with Gasteiger partial charge in [0.2, 0.25) is 0 Å². The lowest BCUT2D eigenvalue weighted by atomic mass is 10.6. The van der Waals surface area contributed by atoms with Gasteiger partial charge in [0.25, 0.3) is 0 Å². The zero-order valence-electron chi connectivity index (χ0n) is 6.54. The summed E-state index contributed by atoms with van der Waals surface area (Å²) in [4.78, 5) is 2.21. The minimum Gasteiger partial charge on any atom is -0.303 e. The van der Waals surface area contributed by atoms with E-state index in [1.54, 1.807) is 7.11 Å². The van der Waals surface area contributed by atoms with Gasteiger partial charge >= 0.3 is 0 Å². The van der Waals surface area contributed by atoms with E-state index in [9.17, 15) is 4.55 Å². The number of nitrogens with zero attached hydrogens (tertiary/aromatic N) is 1. The van der Waals surface area contributed by atoms with Gasteiger partial charge in [0, 0.05) is 13.1 Å². The van der Waals surface area contributed by atoms with Crippen molar-refractivity contribution < 1.29 is 8.74 Å². The summed E-state index contributed by atoms with van der Waals surface area (Å²) in [7, 11) is 2.01. The quantitative estimate of drug-likeness (QED) is 0.623. The number of hydrogen-bond donors (Lipinski definition) is 1. The first-order chi connectivity index (χ1) is 4.66. The molecule has 0 radical (unpaired) electrons. The van der Waals surface area contributed by atoms with Crippen LogP contribution >= 0.6 is 10.6 Å². The van der Waals surface area contributed by atoms with Crippen LogP contribution in [0.2, 0.25) is 0 Å². The zero-order chi connectivity index (χ0) is 7.61. The summed E-state index contributed by atoms with van der Waals surface area (Å²) >= 11 is 0. The molecule has 0 aliphatic carbocycles. The van der Waals surface area contributed by atoms with Gasteiger partial charge in [-0.1, -0.05) is 0 Å². The van der Waals surface area contributed by atoms with Gasteiger partial charge in [0.05, 0.1) is 18.6 Å². The minimum absolute atomic E-state index is 0.806. The molecule has 0 saturated carbocycles. The molecule has 0 bridgehead atoms. The van der Waals surface area contributed by atoms with Crippen molar-refractivity contribution in [1.82, 2.24) is 4.90 Å². The Morgan fingerprint density at radius 1 is 1.40 bits per heavy atom. The van der Waals surface area contributed by atoms with Gasteiger partial charge in [-0.2, -0.15) is 10.6 Å². The highest BCUT2D eigenvalue weighted by Crippen LogP contribution is 2.44. The Balaban J connectivity index is 2.38. The van der Waals surface area contributed by atoms with E-state index in [2.05, 4.69) is 11.9 Å². The highest BCUT2D eigenvalue weighted by atomic mass is 32.3. The zero-order valence-corrected chi connectivity index (χ0v) is 7.36. The van der Waals surface area contributed by atoms with Crippen LogP contribution in [0.4, 0.5) is 0 Å². The predicted octanol–water partition coefficient (Wildman–Crippen LogP) is 0.771. The van der Waals surface area contributed by atoms with Crippen molar-refractivity contribution in [1.29, 1.82) is 0 Å². The molecule has 0 amide bonds. The third-order valence-corrected chi connectivity index (χ3v) is 4.16. The maximum absolute atomic E-state index is 9.63. The minimum atomic E-state index is -1.65. The van der Waals surface area contributed by atoms with Gasteiger partial charge in [-0.25, -0.2) is 0 Å². The highest BCUT2D eigenvalue weighted by Gasteiger charge is 2.21. The molecule has 0 aromatic rings. The average molecular weight is 165 g/mol. The van der Waals surface area contributed by atoms with Crippen LogP contribution in [0.15, 0.2) is 0 Å². The Kier molecular flexibility index (Phi) is 2.57. The fourth-order valence-corrected chi connectivity index (χ4v) is 2.71. The smallest absolute Gasteiger partial charge is 0.0604 e. The molecule has 1 fully saturated rings. The lowest BCUT2D eigenvalue weighted by molar-refractivity contribution is 0.323. The summed E-state index contributed by atoms with van der Waals surface area (Å²) in [5, 5.41) is 0. The van der Waals surface area contributed by atoms with Gasteiger partial charge in [-0.3, -0.25) is 8.74 Å². The van der Waals surface area contributed by atoms with E-state index < -0.39 is 10.6 Å². The second-order valence-electron chi connectivity index (χ2n) is 2.65. The molecule has 1 N–H and O–H groups in total. The Morgan fingerprint density at radius 2 is 1.90 bits per heavy atom. The van der Waals surface area contributed by atoms with Crippen molar-refractivity contribution in [2.45, 2.75) is 0 Å². The maximum Gasteiger partial charge on any atom is 0.0604 e. The Hall–Kier alpha value is 0.230. The summed E-state index contributed by atoms with van der Waals surface area (Å²) in [6.07, 6.45) is 0. The summed E-state index contributed by atoms with van der Waals surface area (Å²) < 4.78 is 14.7. The maximum atomic E-state index is 9.63. The molecular weight excluding hydrogens is 150 g/mol. The number of hydrogen-bond acceptors (Lipinski definition) is 3. The van der Waals surface area contributed by atoms with Crippen LogP contribution < -0.4 is 0 Å². The highest BCUT2D eigenvalue weighted by molar-refractivity contribution is 8.25. The van der Waals surface area contributed by atoms with Crippen LogP contribution in [0.3, 0.4) is 0 Å². The normalized spacial score (nSPS) is 29.9. The van der Waals surface area contributed by atoms with Crippen LogP contribution in [0.25, 0.3) is 0 Å². The monoisotopic (exact) mass is 165 g/mol. The summed E-state index contributed by atoms with van der Waals surface area (Å²) in [5.74, 6) is 1.61. The Bertz CT molecular complexity index is 112. The largest absolute Gasteiger partial charge is 0.303 e. The van der Waals surface area contributed by atoms with E-state index in [1.807, 2.05) is 0 Å². The molecule has 0 atom stereocenters. The third-order valence-electron chi connectivity index (χ3n) is 1.89. The molecule has 1 saturated heterocycles. The van der Waals surface area contributed by atoms with Crippen LogP contribution in [-0.2, 0) is 4.18 Å². The van der Waals surface area contributed by atoms with Crippen molar-refractivity contribution in [2.24, 2.45) is 0 Å². The van der Waals surface area contributed by atoms with Gasteiger partial charge in [0.15, 0.2) is 0 Å². The number of rotatable bonds is 1. The van der Waals surface area contributed by atoms with E-state index in [0.29, 0.717) is 0 Å². The van der Waals surface area contributed by atoms with E-state index >= 15 is 0 Å². The average Bonchev–Trinajstić information content (AvgIpc) is 1.96. The Labute approximate surface area is 63.7 Å². The second-order valence-corrected chi connectivity index (χ2v) is 5.35. The molecule has 0 unspecified atom stereocenters. The second kappa shape index (κ2) is 3.09. The van der Waals surface area contributed by atoms with Gasteiger partial charge in [-0.05, 0) is 7.05 Å². The molecule has 0 aromatic carbocycles. The van der Waals surface area contributed by atoms with Crippen LogP contribution in [-0.4, -0.2) is 48.2 Å². The van der Waals surface area contributed by atoms with Crippen molar-refractivity contribution in [3.63, 3.8) is 0 Å². The summed E-state index contributed by atoms with van der Waals surface area (Å²) in [6, 6.07) is 0. The molecule has 10 heavy (non-hydrogen) atoms. The molecule has 3 nitrogen and oxygen atoms in total. The molecule has 4 heteroatoms. The topological polar surface area (TPSA) is 32.7 Å². The molecular formula is C6H15NO2S. The fourth-order valence-electron chi connectivity index (χ4n) is 0.977. The van der Waals surface area contributed by atoms with Gasteiger partial charge in [-0.15, -0.1) is 0 Å². The SMILES string of the molecule is COS1(O)CCN(C)CC1. The van der Waals surface area contributed by atoms with Crippen LogP contribution in [0, 0.1) is 0 Å². The first-order valence-corrected chi connectivity index (χ1v) is 5.27. The lowest BCUT2D eigenvalue weighted by Crippen LogP contribution is -2.35. The van der Waals surface area contributed by atoms with Crippen molar-refractivity contribution in [2.75, 3.05) is 38.8 Å². The van der Waals surface area contributed by atoms with Crippen LogP contribution in [0.5, 0.6) is 0 Å². The molecule has 1 aliphatic heterocycles. The molecule has 1 rings (SSSR count). The predicted molar refractivity (Wildman–Crippen MR) is 44.5 cm³/mol. The lowest BCUT2D eigenvalue weighted by Gasteiger charge is -2.42. The summed E-state index contributed by atoms with van der Waals surface area (Å²) in [6.45, 7) is 1.92. The van der Waals surface area contributed by atoms with Crippen LogP contribution in [0.1, 0.15) is 0 Å². The van der Waals surface area contributed by atoms with Crippen molar-refractivity contribution >= 4 is 10.6 Å². The standard InChI is InChI=1S/C6H15NO2S/c1-7-3-5-10(8,9-2)6-4-7/h8H,3-6H2,1-2H3. The Morgan fingerprint density at radius 3 is 2.30 bits per heavy atom. The van der Waals surface area contributed by atoms with E-state index in [0.717, 1.165) is 24.6 Å². The van der Waals surface area contributed by atoms with E-state index in [1.165, 1.54) is 0 Å². The summed E-state index contributed by atoms with van der Waals surface area (Å²) in [5.41, 5.74) is 0. The third kappa shape index (κ3) is 1.85. The molecule has 0 aromatic heterocycles. The first kappa shape index (κ1) is 8.33. The van der Waals surface area contributed by atoms with Crippen molar-refractivity contribution in [3.8, 4) is 0 Å². The van der Waals surface area contributed by atoms with E-state index in [-0.39, 0.29) is 0 Å². The van der Waals surface area contributed by atoms with Crippen molar-refractivity contribution in [3.05, 3.63) is 0 Å². The molecule has 1 heterocycles. The van der Waals surface area contributed by atoms with Gasteiger partial charge in [0.1, 0.15) is 0 Å².